The van der Waals surface area contributed by atoms with Crippen LogP contribution in [0.4, 0.5) is 0 Å². The van der Waals surface area contributed by atoms with Gasteiger partial charge in [-0.25, -0.2) is 0 Å². The van der Waals surface area contributed by atoms with Crippen LogP contribution in [0.25, 0.3) is 11.3 Å². The van der Waals surface area contributed by atoms with Crippen molar-refractivity contribution in [2.75, 3.05) is 13.1 Å². The Bertz CT molecular complexity index is 560. The average molecular weight is 274 g/mol. The molecule has 0 aliphatic carbocycles. The van der Waals surface area contributed by atoms with Crippen LogP contribution in [0.15, 0.2) is 29.0 Å². The number of aryl methyl sites for hydroxylation is 1. The molecule has 0 fully saturated rings. The van der Waals surface area contributed by atoms with Crippen LogP contribution in [-0.2, 0) is 0 Å². The van der Waals surface area contributed by atoms with Gasteiger partial charge in [-0.3, -0.25) is 9.78 Å². The molecule has 0 saturated carbocycles. The molecule has 0 unspecified atom stereocenters. The van der Waals surface area contributed by atoms with Crippen molar-refractivity contribution < 1.29 is 4.79 Å². The summed E-state index contributed by atoms with van der Waals surface area (Å²) < 4.78 is 0. The van der Waals surface area contributed by atoms with Gasteiger partial charge < -0.3 is 4.90 Å². The Kier molecular flexibility index (Phi) is 4.32. The molecule has 19 heavy (non-hydrogen) atoms. The molecule has 3 nitrogen and oxygen atoms in total. The molecule has 0 aromatic carbocycles. The lowest BCUT2D eigenvalue weighted by molar-refractivity contribution is 0.0772. The van der Waals surface area contributed by atoms with Crippen LogP contribution in [0.5, 0.6) is 0 Å². The Morgan fingerprint density at radius 2 is 2.00 bits per heavy atom. The van der Waals surface area contributed by atoms with E-state index in [1.807, 2.05) is 49.3 Å². The van der Waals surface area contributed by atoms with Crippen molar-refractivity contribution in [1.29, 1.82) is 0 Å². The van der Waals surface area contributed by atoms with Gasteiger partial charge in [0.05, 0.1) is 17.0 Å². The Labute approximate surface area is 117 Å². The summed E-state index contributed by atoms with van der Waals surface area (Å²) in [5.41, 5.74) is 3.52. The third kappa shape index (κ3) is 2.84. The first-order valence-electron chi connectivity index (χ1n) is 6.46. The first kappa shape index (κ1) is 13.7. The van der Waals surface area contributed by atoms with Crippen molar-refractivity contribution in [2.24, 2.45) is 0 Å². The number of carbonyl (C=O) groups excluding carboxylic acids is 1. The van der Waals surface area contributed by atoms with Gasteiger partial charge in [0.15, 0.2) is 0 Å². The molecule has 4 heteroatoms. The minimum absolute atomic E-state index is 0.0619. The van der Waals surface area contributed by atoms with E-state index in [9.17, 15) is 4.79 Å². The van der Waals surface area contributed by atoms with E-state index < -0.39 is 0 Å². The topological polar surface area (TPSA) is 33.2 Å². The lowest BCUT2D eigenvalue weighted by atomic mass is 10.1. The number of amides is 1. The van der Waals surface area contributed by atoms with Crippen molar-refractivity contribution in [1.82, 2.24) is 9.88 Å². The van der Waals surface area contributed by atoms with Gasteiger partial charge in [0.1, 0.15) is 0 Å². The van der Waals surface area contributed by atoms with Gasteiger partial charge in [-0.2, -0.15) is 11.3 Å². The van der Waals surface area contributed by atoms with Crippen molar-refractivity contribution in [3.05, 3.63) is 40.2 Å². The van der Waals surface area contributed by atoms with Crippen LogP contribution >= 0.6 is 11.3 Å². The maximum Gasteiger partial charge on any atom is 0.255 e. The monoisotopic (exact) mass is 274 g/mol. The summed E-state index contributed by atoms with van der Waals surface area (Å²) >= 11 is 1.65. The van der Waals surface area contributed by atoms with Gasteiger partial charge >= 0.3 is 0 Å². The van der Waals surface area contributed by atoms with E-state index in [0.29, 0.717) is 5.56 Å². The van der Waals surface area contributed by atoms with E-state index >= 15 is 0 Å². The molecule has 0 N–H and O–H groups in total. The fraction of sp³-hybridized carbons (Fsp3) is 0.333. The van der Waals surface area contributed by atoms with E-state index in [4.69, 9.17) is 0 Å². The fourth-order valence-corrected chi connectivity index (χ4v) is 2.69. The predicted molar refractivity (Wildman–Crippen MR) is 79.5 cm³/mol. The van der Waals surface area contributed by atoms with E-state index in [1.54, 1.807) is 11.3 Å². The second-order valence-electron chi connectivity index (χ2n) is 4.32. The van der Waals surface area contributed by atoms with Crippen LogP contribution in [-0.4, -0.2) is 28.9 Å². The van der Waals surface area contributed by atoms with Crippen LogP contribution in [0, 0.1) is 6.92 Å². The van der Waals surface area contributed by atoms with Crippen molar-refractivity contribution in [3.8, 4) is 11.3 Å². The molecule has 0 atom stereocenters. The van der Waals surface area contributed by atoms with Gasteiger partial charge in [0.2, 0.25) is 0 Å². The Morgan fingerprint density at radius 1 is 1.26 bits per heavy atom. The largest absolute Gasteiger partial charge is 0.339 e. The van der Waals surface area contributed by atoms with Crippen LogP contribution in [0.3, 0.4) is 0 Å². The zero-order chi connectivity index (χ0) is 13.8. The summed E-state index contributed by atoms with van der Waals surface area (Å²) in [5.74, 6) is 0.0619. The van der Waals surface area contributed by atoms with Gasteiger partial charge in [-0.05, 0) is 44.4 Å². The molecule has 0 bridgehead atoms. The Morgan fingerprint density at radius 3 is 2.53 bits per heavy atom. The molecule has 2 rings (SSSR count). The minimum atomic E-state index is 0.0619. The third-order valence-corrected chi connectivity index (χ3v) is 3.87. The van der Waals surface area contributed by atoms with E-state index in [2.05, 4.69) is 10.4 Å². The van der Waals surface area contributed by atoms with Gasteiger partial charge in [-0.15, -0.1) is 0 Å². The smallest absolute Gasteiger partial charge is 0.255 e. The summed E-state index contributed by atoms with van der Waals surface area (Å²) in [4.78, 5) is 18.7. The molecule has 1 amide bonds. The number of aromatic nitrogens is 1. The predicted octanol–water partition coefficient (Wildman–Crippen LogP) is 3.60. The van der Waals surface area contributed by atoms with Crippen molar-refractivity contribution in [3.63, 3.8) is 0 Å². The van der Waals surface area contributed by atoms with Gasteiger partial charge in [-0.1, -0.05) is 0 Å². The lowest BCUT2D eigenvalue weighted by Gasteiger charge is -2.19. The SMILES string of the molecule is CCN(CC)C(=O)c1ccc(-c2ccsc2)nc1C. The first-order chi connectivity index (χ1) is 9.17. The normalized spacial score (nSPS) is 10.5. The number of nitrogens with zero attached hydrogens (tertiary/aromatic N) is 2. The van der Waals surface area contributed by atoms with E-state index in [-0.39, 0.29) is 5.91 Å². The highest BCUT2D eigenvalue weighted by atomic mass is 32.1. The third-order valence-electron chi connectivity index (χ3n) is 3.18. The lowest BCUT2D eigenvalue weighted by Crippen LogP contribution is -2.31. The Hall–Kier alpha value is -1.68. The first-order valence-corrected chi connectivity index (χ1v) is 7.41. The maximum absolute atomic E-state index is 12.3. The van der Waals surface area contributed by atoms with E-state index in [0.717, 1.165) is 30.0 Å². The van der Waals surface area contributed by atoms with Crippen LogP contribution in [0.2, 0.25) is 0 Å². The zero-order valence-corrected chi connectivity index (χ0v) is 12.3. The summed E-state index contributed by atoms with van der Waals surface area (Å²) in [6, 6.07) is 5.85. The number of pyridine rings is 1. The van der Waals surface area contributed by atoms with Crippen LogP contribution in [0.1, 0.15) is 29.9 Å². The molecule has 0 radical (unpaired) electrons. The van der Waals surface area contributed by atoms with Gasteiger partial charge in [0.25, 0.3) is 5.91 Å². The molecule has 0 aliphatic heterocycles. The molecule has 0 aliphatic rings. The maximum atomic E-state index is 12.3. The van der Waals surface area contributed by atoms with Crippen molar-refractivity contribution in [2.45, 2.75) is 20.8 Å². The second kappa shape index (κ2) is 5.97. The molecule has 0 saturated heterocycles. The molecule has 2 heterocycles. The molecule has 0 spiro atoms. The fourth-order valence-electron chi connectivity index (χ4n) is 2.04. The quantitative estimate of drug-likeness (QED) is 0.853. The minimum Gasteiger partial charge on any atom is -0.339 e. The standard InChI is InChI=1S/C15H18N2OS/c1-4-17(5-2)15(18)13-6-7-14(16-11(13)3)12-8-9-19-10-12/h6-10H,4-5H2,1-3H3. The highest BCUT2D eigenvalue weighted by molar-refractivity contribution is 7.08. The average Bonchev–Trinajstić information content (AvgIpc) is 2.93. The van der Waals surface area contributed by atoms with Crippen molar-refractivity contribution >= 4 is 17.2 Å². The molecule has 100 valence electrons. The number of thiophene rings is 1. The number of carbonyl (C=O) groups is 1. The van der Waals surface area contributed by atoms with E-state index in [1.165, 1.54) is 0 Å². The summed E-state index contributed by atoms with van der Waals surface area (Å²) in [6.07, 6.45) is 0. The zero-order valence-electron chi connectivity index (χ0n) is 11.5. The highest BCUT2D eigenvalue weighted by Gasteiger charge is 2.16. The second-order valence-corrected chi connectivity index (χ2v) is 5.10. The summed E-state index contributed by atoms with van der Waals surface area (Å²) in [6.45, 7) is 7.32. The molecule has 2 aromatic heterocycles. The highest BCUT2D eigenvalue weighted by Crippen LogP contribution is 2.22. The van der Waals surface area contributed by atoms with Gasteiger partial charge in [0, 0.05) is 24.0 Å². The number of hydrogen-bond acceptors (Lipinski definition) is 3. The molecular formula is C15H18N2OS. The number of rotatable bonds is 4. The molecular weight excluding hydrogens is 256 g/mol. The number of hydrogen-bond donors (Lipinski definition) is 0. The molecule has 2 aromatic rings. The Balaban J connectivity index is 2.32. The summed E-state index contributed by atoms with van der Waals surface area (Å²) in [7, 11) is 0. The summed E-state index contributed by atoms with van der Waals surface area (Å²) in [5, 5.41) is 4.09. The van der Waals surface area contributed by atoms with Crippen LogP contribution < -0.4 is 0 Å².